The van der Waals surface area contributed by atoms with Gasteiger partial charge in [0.25, 0.3) is 0 Å². The van der Waals surface area contributed by atoms with Gasteiger partial charge in [-0.1, -0.05) is 0 Å². The molecule has 1 fully saturated rings. The van der Waals surface area contributed by atoms with Crippen molar-refractivity contribution in [1.82, 2.24) is 19.8 Å². The molecule has 0 radical (unpaired) electrons. The first-order valence-corrected chi connectivity index (χ1v) is 12.9. The predicted molar refractivity (Wildman–Crippen MR) is 139 cm³/mol. The van der Waals surface area contributed by atoms with Gasteiger partial charge in [-0.2, -0.15) is 0 Å². The van der Waals surface area contributed by atoms with Gasteiger partial charge in [0, 0.05) is 37.3 Å². The Bertz CT molecular complexity index is 1210. The van der Waals surface area contributed by atoms with Gasteiger partial charge in [0.15, 0.2) is 0 Å². The molecule has 1 unspecified atom stereocenters. The molecule has 1 atom stereocenters. The first-order chi connectivity index (χ1) is 18.4. The molecule has 3 heterocycles. The van der Waals surface area contributed by atoms with Gasteiger partial charge in [0.05, 0.1) is 17.5 Å². The van der Waals surface area contributed by atoms with Crippen molar-refractivity contribution in [2.45, 2.75) is 39.0 Å². The van der Waals surface area contributed by atoms with Crippen LogP contribution in [0.1, 0.15) is 31.2 Å². The fourth-order valence-electron chi connectivity index (χ4n) is 4.94. The van der Waals surface area contributed by atoms with Crippen molar-refractivity contribution < 1.29 is 22.7 Å². The Morgan fingerprint density at radius 1 is 0.868 bits per heavy atom. The molecule has 0 aliphatic carbocycles. The van der Waals surface area contributed by atoms with E-state index in [1.165, 1.54) is 24.3 Å². The number of hydrogen-bond acceptors (Lipinski definition) is 7. The number of rotatable bonds is 10. The Kier molecular flexibility index (Phi) is 8.26. The van der Waals surface area contributed by atoms with E-state index in [9.17, 15) is 13.9 Å². The number of aliphatic hydroxyl groups excluding tert-OH is 1. The number of hydrogen-bond donors (Lipinski definition) is 1. The lowest BCUT2D eigenvalue weighted by Gasteiger charge is -2.35. The van der Waals surface area contributed by atoms with Gasteiger partial charge in [0.1, 0.15) is 24.2 Å². The summed E-state index contributed by atoms with van der Waals surface area (Å²) in [5.41, 5.74) is 2.99. The highest BCUT2D eigenvalue weighted by Gasteiger charge is 2.24. The Hall–Kier alpha value is -3.40. The van der Waals surface area contributed by atoms with Crippen molar-refractivity contribution in [3.63, 3.8) is 0 Å². The molecule has 0 amide bonds. The van der Waals surface area contributed by atoms with Crippen molar-refractivity contribution in [2.75, 3.05) is 26.2 Å². The van der Waals surface area contributed by atoms with E-state index in [1.807, 2.05) is 6.92 Å². The standard InChI is InChI=1S/C29H32F2N4O3/c1-20(36)14-34-12-10-21(11-13-34)15-35(16-26-18-37-28(32-26)22-2-6-24(30)7-3-22)17-27-19-38-29(33-27)23-4-8-25(31)9-5-23/h2-9,18-21,36H,10-17H2,1H3. The number of nitrogens with zero attached hydrogens (tertiary/aromatic N) is 4. The second-order valence-corrected chi connectivity index (χ2v) is 10.1. The highest BCUT2D eigenvalue weighted by atomic mass is 19.1. The Balaban J connectivity index is 1.29. The molecule has 200 valence electrons. The van der Waals surface area contributed by atoms with Crippen molar-refractivity contribution in [1.29, 1.82) is 0 Å². The first-order valence-electron chi connectivity index (χ1n) is 12.9. The highest BCUT2D eigenvalue weighted by molar-refractivity contribution is 5.53. The van der Waals surface area contributed by atoms with Crippen LogP contribution in [0.4, 0.5) is 8.78 Å². The molecular weight excluding hydrogens is 490 g/mol. The van der Waals surface area contributed by atoms with Crippen molar-refractivity contribution >= 4 is 0 Å². The third-order valence-corrected chi connectivity index (χ3v) is 6.80. The number of aliphatic hydroxyl groups is 1. The Labute approximate surface area is 220 Å². The number of β-amino-alcohol motifs (C(OH)–C–C–N with tert-alkyl or cyclic N) is 1. The maximum Gasteiger partial charge on any atom is 0.226 e. The fraction of sp³-hybridized carbons (Fsp3) is 0.379. The molecule has 9 heteroatoms. The van der Waals surface area contributed by atoms with Gasteiger partial charge in [-0.05, 0) is 87.3 Å². The maximum atomic E-state index is 13.3. The van der Waals surface area contributed by atoms with Crippen LogP contribution in [-0.4, -0.2) is 57.2 Å². The summed E-state index contributed by atoms with van der Waals surface area (Å²) in [5, 5.41) is 9.72. The van der Waals surface area contributed by atoms with Crippen LogP contribution in [0.15, 0.2) is 69.9 Å². The summed E-state index contributed by atoms with van der Waals surface area (Å²) in [7, 11) is 0. The average Bonchev–Trinajstić information content (AvgIpc) is 3.56. The van der Waals surface area contributed by atoms with Crippen molar-refractivity contribution in [3.8, 4) is 22.9 Å². The van der Waals surface area contributed by atoms with E-state index in [0.717, 1.165) is 55.0 Å². The van der Waals surface area contributed by atoms with Crippen LogP contribution >= 0.6 is 0 Å². The molecule has 2 aromatic carbocycles. The normalized spacial score (nSPS) is 15.8. The third kappa shape index (κ3) is 6.92. The molecule has 1 aliphatic heterocycles. The van der Waals surface area contributed by atoms with Gasteiger partial charge < -0.3 is 18.8 Å². The summed E-state index contributed by atoms with van der Waals surface area (Å²) >= 11 is 0. The molecule has 0 bridgehead atoms. The molecule has 1 N–H and O–H groups in total. The van der Waals surface area contributed by atoms with Crippen molar-refractivity contribution in [2.24, 2.45) is 5.92 Å². The van der Waals surface area contributed by atoms with Crippen LogP contribution in [0.2, 0.25) is 0 Å². The topological polar surface area (TPSA) is 78.8 Å². The van der Waals surface area contributed by atoms with Gasteiger partial charge in [-0.25, -0.2) is 18.7 Å². The first kappa shape index (κ1) is 26.2. The minimum Gasteiger partial charge on any atom is -0.444 e. The lowest BCUT2D eigenvalue weighted by atomic mass is 9.95. The van der Waals surface area contributed by atoms with E-state index >= 15 is 0 Å². The molecule has 5 rings (SSSR count). The fourth-order valence-corrected chi connectivity index (χ4v) is 4.94. The quantitative estimate of drug-likeness (QED) is 0.300. The molecule has 1 aliphatic rings. The summed E-state index contributed by atoms with van der Waals surface area (Å²) in [5.74, 6) is 0.780. The summed E-state index contributed by atoms with van der Waals surface area (Å²) in [6.45, 7) is 6.40. The lowest BCUT2D eigenvalue weighted by molar-refractivity contribution is 0.0871. The van der Waals surface area contributed by atoms with E-state index < -0.39 is 0 Å². The Morgan fingerprint density at radius 2 is 1.34 bits per heavy atom. The largest absolute Gasteiger partial charge is 0.444 e. The predicted octanol–water partition coefficient (Wildman–Crippen LogP) is 5.37. The van der Waals surface area contributed by atoms with Crippen LogP contribution in [0.25, 0.3) is 22.9 Å². The minimum absolute atomic E-state index is 0.307. The van der Waals surface area contributed by atoms with Crippen LogP contribution in [-0.2, 0) is 13.1 Å². The van der Waals surface area contributed by atoms with E-state index in [1.54, 1.807) is 36.8 Å². The molecule has 7 nitrogen and oxygen atoms in total. The van der Waals surface area contributed by atoms with Gasteiger partial charge in [0.2, 0.25) is 11.8 Å². The monoisotopic (exact) mass is 522 g/mol. The molecule has 4 aromatic rings. The zero-order valence-electron chi connectivity index (χ0n) is 21.4. The average molecular weight is 523 g/mol. The number of aromatic nitrogens is 2. The number of piperidine rings is 1. The lowest BCUT2D eigenvalue weighted by Crippen LogP contribution is -2.41. The highest BCUT2D eigenvalue weighted by Crippen LogP contribution is 2.25. The summed E-state index contributed by atoms with van der Waals surface area (Å²) in [6.07, 6.45) is 5.05. The molecule has 0 saturated carbocycles. The number of halogens is 2. The van der Waals surface area contributed by atoms with Gasteiger partial charge in [-0.15, -0.1) is 0 Å². The number of oxazole rings is 2. The van der Waals surface area contributed by atoms with Crippen LogP contribution < -0.4 is 0 Å². The minimum atomic E-state index is -0.326. The van der Waals surface area contributed by atoms with Crippen LogP contribution in [0.5, 0.6) is 0 Å². The number of benzene rings is 2. The van der Waals surface area contributed by atoms with E-state index in [-0.39, 0.29) is 17.7 Å². The van der Waals surface area contributed by atoms with E-state index in [2.05, 4.69) is 19.8 Å². The van der Waals surface area contributed by atoms with Gasteiger partial charge in [-0.3, -0.25) is 4.90 Å². The second-order valence-electron chi connectivity index (χ2n) is 10.1. The smallest absolute Gasteiger partial charge is 0.226 e. The van der Waals surface area contributed by atoms with Crippen LogP contribution in [0, 0.1) is 17.6 Å². The van der Waals surface area contributed by atoms with E-state index in [0.29, 0.717) is 37.3 Å². The Morgan fingerprint density at radius 3 is 1.79 bits per heavy atom. The molecular formula is C29H32F2N4O3. The number of likely N-dealkylation sites (tertiary alicyclic amines) is 1. The van der Waals surface area contributed by atoms with E-state index in [4.69, 9.17) is 8.83 Å². The molecule has 1 saturated heterocycles. The summed E-state index contributed by atoms with van der Waals surface area (Å²) < 4.78 is 38.0. The third-order valence-electron chi connectivity index (χ3n) is 6.80. The SMILES string of the molecule is CC(O)CN1CCC(CN(Cc2coc(-c3ccc(F)cc3)n2)Cc2coc(-c3ccc(F)cc3)n2)CC1. The zero-order chi connectivity index (χ0) is 26.5. The molecule has 2 aromatic heterocycles. The molecule has 0 spiro atoms. The van der Waals surface area contributed by atoms with Crippen molar-refractivity contribution in [3.05, 3.63) is 84.1 Å². The zero-order valence-corrected chi connectivity index (χ0v) is 21.4. The summed E-state index contributed by atoms with van der Waals surface area (Å²) in [4.78, 5) is 13.9. The maximum absolute atomic E-state index is 13.3. The second kappa shape index (κ2) is 12.0. The summed E-state index contributed by atoms with van der Waals surface area (Å²) in [6, 6.07) is 12.1. The van der Waals surface area contributed by atoms with Crippen LogP contribution in [0.3, 0.4) is 0 Å². The molecule has 38 heavy (non-hydrogen) atoms. The van der Waals surface area contributed by atoms with Gasteiger partial charge >= 0.3 is 0 Å².